The molecule has 1 N–H and O–H groups in total. The third-order valence-corrected chi connectivity index (χ3v) is 4.45. The number of hydrogen-bond donors (Lipinski definition) is 1. The molecule has 4 nitrogen and oxygen atoms in total. The first-order chi connectivity index (χ1) is 13.1. The maximum Gasteiger partial charge on any atom is 0.282 e. The number of hydrogen-bond acceptors (Lipinski definition) is 3. The molecule has 3 aromatic carbocycles. The van der Waals surface area contributed by atoms with E-state index in [1.54, 1.807) is 12.1 Å². The summed E-state index contributed by atoms with van der Waals surface area (Å²) in [5, 5.41) is 3.18. The Hall–Kier alpha value is -3.66. The van der Waals surface area contributed by atoms with E-state index < -0.39 is 0 Å². The van der Waals surface area contributed by atoms with Crippen LogP contribution in [0.25, 0.3) is 5.57 Å². The van der Waals surface area contributed by atoms with Gasteiger partial charge >= 0.3 is 0 Å². The third-order valence-electron chi connectivity index (χ3n) is 4.45. The van der Waals surface area contributed by atoms with Crippen molar-refractivity contribution >= 4 is 28.8 Å². The summed E-state index contributed by atoms with van der Waals surface area (Å²) in [5.41, 5.74) is 3.78. The predicted octanol–water partition coefficient (Wildman–Crippen LogP) is 4.39. The molecular formula is C23H18N2O2. The highest BCUT2D eigenvalue weighted by atomic mass is 16.2. The Bertz CT molecular complexity index is 1040. The van der Waals surface area contributed by atoms with Crippen LogP contribution in [0.15, 0.2) is 90.6 Å². The number of imide groups is 1. The number of aryl methyl sites for hydroxylation is 1. The van der Waals surface area contributed by atoms with Crippen molar-refractivity contribution < 1.29 is 9.59 Å². The van der Waals surface area contributed by atoms with Crippen LogP contribution in [0.5, 0.6) is 0 Å². The van der Waals surface area contributed by atoms with Crippen molar-refractivity contribution in [3.63, 3.8) is 0 Å². The monoisotopic (exact) mass is 354 g/mol. The summed E-state index contributed by atoms with van der Waals surface area (Å²) >= 11 is 0. The topological polar surface area (TPSA) is 49.4 Å². The summed E-state index contributed by atoms with van der Waals surface area (Å²) < 4.78 is 0. The maximum atomic E-state index is 13.2. The Balaban J connectivity index is 1.82. The van der Waals surface area contributed by atoms with Crippen LogP contribution in [-0.2, 0) is 9.59 Å². The number of carbonyl (C=O) groups is 2. The molecule has 2 amide bonds. The smallest absolute Gasteiger partial charge is 0.282 e. The summed E-state index contributed by atoms with van der Waals surface area (Å²) in [5.74, 6) is -0.681. The number of nitrogens with one attached hydrogen (secondary N) is 1. The number of amides is 2. The fourth-order valence-corrected chi connectivity index (χ4v) is 3.20. The van der Waals surface area contributed by atoms with Crippen LogP contribution in [0.2, 0.25) is 0 Å². The molecule has 4 heteroatoms. The Morgan fingerprint density at radius 3 is 2.07 bits per heavy atom. The molecule has 27 heavy (non-hydrogen) atoms. The quantitative estimate of drug-likeness (QED) is 0.707. The normalized spacial score (nSPS) is 14.0. The molecule has 0 spiro atoms. The van der Waals surface area contributed by atoms with E-state index in [2.05, 4.69) is 5.32 Å². The zero-order chi connectivity index (χ0) is 18.8. The highest BCUT2D eigenvalue weighted by Crippen LogP contribution is 2.33. The van der Waals surface area contributed by atoms with Gasteiger partial charge in [0.1, 0.15) is 5.70 Å². The summed E-state index contributed by atoms with van der Waals surface area (Å²) in [4.78, 5) is 27.6. The number of carbonyl (C=O) groups excluding carboxylic acids is 2. The third kappa shape index (κ3) is 3.13. The molecule has 0 aromatic heterocycles. The van der Waals surface area contributed by atoms with Gasteiger partial charge in [-0.1, -0.05) is 60.7 Å². The highest BCUT2D eigenvalue weighted by molar-refractivity contribution is 6.46. The van der Waals surface area contributed by atoms with Gasteiger partial charge in [0, 0.05) is 5.69 Å². The molecular weight excluding hydrogens is 336 g/mol. The lowest BCUT2D eigenvalue weighted by Gasteiger charge is -2.15. The van der Waals surface area contributed by atoms with Gasteiger partial charge < -0.3 is 5.32 Å². The Morgan fingerprint density at radius 1 is 0.741 bits per heavy atom. The Labute approximate surface area is 157 Å². The van der Waals surface area contributed by atoms with E-state index in [-0.39, 0.29) is 11.8 Å². The van der Waals surface area contributed by atoms with Crippen molar-refractivity contribution in [2.24, 2.45) is 0 Å². The van der Waals surface area contributed by atoms with Crippen molar-refractivity contribution in [1.82, 2.24) is 0 Å². The van der Waals surface area contributed by atoms with Gasteiger partial charge in [0.25, 0.3) is 11.8 Å². The van der Waals surface area contributed by atoms with Crippen molar-refractivity contribution in [3.8, 4) is 0 Å². The van der Waals surface area contributed by atoms with Crippen molar-refractivity contribution in [1.29, 1.82) is 0 Å². The van der Waals surface area contributed by atoms with Gasteiger partial charge in [-0.3, -0.25) is 9.59 Å². The zero-order valence-electron chi connectivity index (χ0n) is 14.8. The number of anilines is 2. The summed E-state index contributed by atoms with van der Waals surface area (Å²) in [7, 11) is 0. The predicted molar refractivity (Wildman–Crippen MR) is 107 cm³/mol. The molecule has 0 fully saturated rings. The lowest BCUT2D eigenvalue weighted by Crippen LogP contribution is -2.32. The second kappa shape index (κ2) is 6.92. The van der Waals surface area contributed by atoms with Crippen molar-refractivity contribution in [2.45, 2.75) is 6.92 Å². The number of rotatable bonds is 4. The van der Waals surface area contributed by atoms with Crippen LogP contribution in [0.3, 0.4) is 0 Å². The second-order valence-corrected chi connectivity index (χ2v) is 6.39. The molecule has 0 radical (unpaired) electrons. The first kappa shape index (κ1) is 16.8. The van der Waals surface area contributed by atoms with Gasteiger partial charge in [-0.2, -0.15) is 0 Å². The van der Waals surface area contributed by atoms with E-state index in [0.717, 1.165) is 11.3 Å². The molecule has 0 aliphatic carbocycles. The molecule has 3 aromatic rings. The van der Waals surface area contributed by atoms with Crippen LogP contribution in [0.4, 0.5) is 11.4 Å². The molecule has 1 aliphatic rings. The van der Waals surface area contributed by atoms with E-state index in [9.17, 15) is 9.59 Å². The summed E-state index contributed by atoms with van der Waals surface area (Å²) in [6.07, 6.45) is 0. The molecule has 1 aliphatic heterocycles. The SMILES string of the molecule is Cc1cccc(NC2=C(c3ccccc3)C(=O)N(c3ccccc3)C2=O)c1. The maximum absolute atomic E-state index is 13.2. The standard InChI is InChI=1S/C23H18N2O2/c1-16-9-8-12-18(15-16)24-21-20(17-10-4-2-5-11-17)22(26)25(23(21)27)19-13-6-3-7-14-19/h2-15,24H,1H3. The molecule has 132 valence electrons. The van der Waals surface area contributed by atoms with Gasteiger partial charge in [-0.25, -0.2) is 4.90 Å². The minimum Gasteiger partial charge on any atom is -0.350 e. The second-order valence-electron chi connectivity index (χ2n) is 6.39. The first-order valence-corrected chi connectivity index (χ1v) is 8.72. The van der Waals surface area contributed by atoms with Crippen LogP contribution in [-0.4, -0.2) is 11.8 Å². The molecule has 0 unspecified atom stereocenters. The average molecular weight is 354 g/mol. The van der Waals surface area contributed by atoms with Gasteiger partial charge in [0.05, 0.1) is 11.3 Å². The van der Waals surface area contributed by atoms with Gasteiger partial charge in [-0.15, -0.1) is 0 Å². The van der Waals surface area contributed by atoms with Crippen molar-refractivity contribution in [2.75, 3.05) is 10.2 Å². The van der Waals surface area contributed by atoms with Gasteiger partial charge in [0.2, 0.25) is 0 Å². The lowest BCUT2D eigenvalue weighted by atomic mass is 10.0. The molecule has 0 saturated carbocycles. The van der Waals surface area contributed by atoms with Crippen LogP contribution in [0.1, 0.15) is 11.1 Å². The Morgan fingerprint density at radius 2 is 1.41 bits per heavy atom. The van der Waals surface area contributed by atoms with E-state index in [1.165, 1.54) is 4.90 Å². The van der Waals surface area contributed by atoms with Gasteiger partial charge in [-0.05, 0) is 42.3 Å². The van der Waals surface area contributed by atoms with Crippen LogP contribution >= 0.6 is 0 Å². The summed E-state index contributed by atoms with van der Waals surface area (Å²) in [6, 6.07) is 26.0. The van der Waals surface area contributed by atoms with E-state index in [1.807, 2.05) is 79.7 Å². The minimum atomic E-state index is -0.355. The molecule has 0 atom stereocenters. The molecule has 0 bridgehead atoms. The molecule has 1 heterocycles. The van der Waals surface area contributed by atoms with Crippen molar-refractivity contribution in [3.05, 3.63) is 102 Å². The fraction of sp³-hybridized carbons (Fsp3) is 0.0435. The largest absolute Gasteiger partial charge is 0.350 e. The number of benzene rings is 3. The molecule has 0 saturated heterocycles. The van der Waals surface area contributed by atoms with Crippen LogP contribution in [0, 0.1) is 6.92 Å². The number of nitrogens with zero attached hydrogens (tertiary/aromatic N) is 1. The fourth-order valence-electron chi connectivity index (χ4n) is 3.20. The number of para-hydroxylation sites is 1. The average Bonchev–Trinajstić information content (AvgIpc) is 2.93. The first-order valence-electron chi connectivity index (χ1n) is 8.72. The van der Waals surface area contributed by atoms with Gasteiger partial charge in [0.15, 0.2) is 0 Å². The Kier molecular flexibility index (Phi) is 4.30. The lowest BCUT2D eigenvalue weighted by molar-refractivity contribution is -0.120. The van der Waals surface area contributed by atoms with E-state index in [0.29, 0.717) is 22.5 Å². The van der Waals surface area contributed by atoms with E-state index >= 15 is 0 Å². The van der Waals surface area contributed by atoms with E-state index in [4.69, 9.17) is 0 Å². The zero-order valence-corrected chi connectivity index (χ0v) is 14.8. The van der Waals surface area contributed by atoms with Crippen LogP contribution < -0.4 is 10.2 Å². The summed E-state index contributed by atoms with van der Waals surface area (Å²) in [6.45, 7) is 1.98. The highest BCUT2D eigenvalue weighted by Gasteiger charge is 2.40. The minimum absolute atomic E-state index is 0.292. The molecule has 4 rings (SSSR count).